The lowest BCUT2D eigenvalue weighted by Crippen LogP contribution is -1.85. The van der Waals surface area contributed by atoms with Crippen molar-refractivity contribution in [2.24, 2.45) is 0 Å². The summed E-state index contributed by atoms with van der Waals surface area (Å²) in [6.07, 6.45) is 3.52. The number of rotatable bonds is 5. The lowest BCUT2D eigenvalue weighted by Gasteiger charge is -2.01. The molecular weight excluding hydrogens is 528 g/mol. The minimum absolute atomic E-state index is 0.311. The van der Waals surface area contributed by atoms with Crippen molar-refractivity contribution in [3.63, 3.8) is 0 Å². The maximum atomic E-state index is 14.6. The van der Waals surface area contributed by atoms with Gasteiger partial charge in [-0.1, -0.05) is 53.5 Å². The van der Waals surface area contributed by atoms with Crippen molar-refractivity contribution in [2.45, 2.75) is 6.92 Å². The van der Waals surface area contributed by atoms with E-state index in [0.29, 0.717) is 20.7 Å². The highest BCUT2D eigenvalue weighted by atomic mass is 79.9. The second kappa shape index (κ2) is 12.0. The second-order valence-electron chi connectivity index (χ2n) is 6.00. The molecule has 0 unspecified atom stereocenters. The van der Waals surface area contributed by atoms with Gasteiger partial charge >= 0.3 is 5.97 Å². The summed E-state index contributed by atoms with van der Waals surface area (Å²) in [5.41, 5.74) is 3.26. The fourth-order valence-corrected chi connectivity index (χ4v) is 4.10. The third-order valence-electron chi connectivity index (χ3n) is 3.80. The molecule has 2 aromatic carbocycles. The number of carbonyl (C=O) groups is 1. The molecule has 3 aromatic rings. The Labute approximate surface area is 201 Å². The number of carboxylic acids is 1. The van der Waals surface area contributed by atoms with Crippen molar-refractivity contribution in [1.82, 2.24) is 4.98 Å². The van der Waals surface area contributed by atoms with Crippen molar-refractivity contribution in [3.8, 4) is 11.3 Å². The molecule has 4 nitrogen and oxygen atoms in total. The van der Waals surface area contributed by atoms with E-state index in [2.05, 4.69) is 25.7 Å². The Balaban J connectivity index is 0.000000423. The lowest BCUT2D eigenvalue weighted by molar-refractivity contribution is -0.131. The average molecular weight is 545 g/mol. The van der Waals surface area contributed by atoms with Gasteiger partial charge < -0.3 is 9.84 Å². The molecule has 9 heteroatoms. The Morgan fingerprint density at radius 3 is 2.52 bits per heavy atom. The summed E-state index contributed by atoms with van der Waals surface area (Å²) >= 11 is 16.7. The van der Waals surface area contributed by atoms with Gasteiger partial charge in [0.25, 0.3) is 0 Å². The van der Waals surface area contributed by atoms with E-state index in [1.54, 1.807) is 18.2 Å². The molecule has 0 aliphatic rings. The minimum Gasteiger partial charge on any atom is -0.504 e. The van der Waals surface area contributed by atoms with Crippen LogP contribution < -0.4 is 0 Å². The second-order valence-corrected chi connectivity index (χ2v) is 9.13. The molecule has 0 amide bonds. The van der Waals surface area contributed by atoms with Crippen LogP contribution in [0.3, 0.4) is 0 Å². The van der Waals surface area contributed by atoms with E-state index in [4.69, 9.17) is 28.3 Å². The molecule has 0 fully saturated rings. The van der Waals surface area contributed by atoms with Crippen molar-refractivity contribution in [2.75, 3.05) is 7.11 Å². The summed E-state index contributed by atoms with van der Waals surface area (Å²) in [7, 11) is 1.39. The van der Waals surface area contributed by atoms with Gasteiger partial charge in [-0.3, -0.25) is 0 Å². The number of hydrogen-bond acceptors (Lipinski definition) is 4. The number of aliphatic carboxylic acids is 1. The molecule has 1 heterocycles. The molecule has 0 atom stereocenters. The predicted molar refractivity (Wildman–Crippen MR) is 129 cm³/mol. The molecule has 3 rings (SSSR count). The van der Waals surface area contributed by atoms with Gasteiger partial charge in [-0.15, -0.1) is 11.3 Å². The third kappa shape index (κ3) is 7.47. The van der Waals surface area contributed by atoms with Crippen LogP contribution in [0.25, 0.3) is 23.2 Å². The predicted octanol–water partition coefficient (Wildman–Crippen LogP) is 7.89. The number of methoxy groups -OCH3 is 1. The maximum Gasteiger partial charge on any atom is 0.331 e. The highest BCUT2D eigenvalue weighted by molar-refractivity contribution is 9.11. The van der Waals surface area contributed by atoms with Crippen molar-refractivity contribution in [3.05, 3.63) is 84.8 Å². The number of halogens is 4. The number of benzene rings is 2. The molecule has 0 radical (unpaired) electrons. The van der Waals surface area contributed by atoms with Crippen molar-refractivity contribution in [1.29, 1.82) is 0 Å². The molecule has 1 N–H and O–H groups in total. The Kier molecular flexibility index (Phi) is 9.71. The fraction of sp³-hybridized carbons (Fsp3) is 0.0909. The molecular formula is C22H17BrCl2FNO3S. The zero-order chi connectivity index (χ0) is 23.0. The zero-order valence-corrected chi connectivity index (χ0v) is 20.3. The van der Waals surface area contributed by atoms with Gasteiger partial charge in [0, 0.05) is 5.56 Å². The van der Waals surface area contributed by atoms with Crippen LogP contribution >= 0.6 is 50.5 Å². The monoisotopic (exact) mass is 543 g/mol. The Bertz CT molecular complexity index is 1130. The standard InChI is InChI=1S/C18H11BrCl2FNS.C4H6O3/c1-10-4-2-3-5-11(10)9-15(22)18-23-16(17(19)24-18)12-6-7-13(20)14(21)8-12;1-7-3-2-4(5)6/h2-9H,1H3;2-3H,1H3,(H,5,6). The van der Waals surface area contributed by atoms with E-state index in [1.807, 2.05) is 31.2 Å². The molecule has 0 saturated heterocycles. The molecule has 0 aliphatic carbocycles. The number of ether oxygens (including phenoxy) is 1. The van der Waals surface area contributed by atoms with Gasteiger partial charge in [0.1, 0.15) is 0 Å². The van der Waals surface area contributed by atoms with Gasteiger partial charge in [0.15, 0.2) is 10.8 Å². The van der Waals surface area contributed by atoms with Crippen LogP contribution in [0.2, 0.25) is 10.0 Å². The van der Waals surface area contributed by atoms with Crippen molar-refractivity contribution < 1.29 is 19.0 Å². The van der Waals surface area contributed by atoms with E-state index >= 15 is 0 Å². The lowest BCUT2D eigenvalue weighted by atomic mass is 10.1. The number of aryl methyl sites for hydroxylation is 1. The van der Waals surface area contributed by atoms with Crippen LogP contribution in [0.1, 0.15) is 16.1 Å². The first-order valence-corrected chi connectivity index (χ1v) is 11.1. The maximum absolute atomic E-state index is 14.6. The molecule has 1 aromatic heterocycles. The first-order chi connectivity index (χ1) is 14.7. The van der Waals surface area contributed by atoms with E-state index in [-0.39, 0.29) is 5.83 Å². The van der Waals surface area contributed by atoms with Gasteiger partial charge in [-0.25, -0.2) is 14.2 Å². The zero-order valence-electron chi connectivity index (χ0n) is 16.4. The molecule has 0 saturated carbocycles. The van der Waals surface area contributed by atoms with E-state index in [0.717, 1.165) is 32.8 Å². The SMILES string of the molecule is COC=CC(=O)O.Cc1ccccc1C=C(F)c1nc(-c2ccc(Cl)c(Cl)c2)c(Br)s1. The normalized spacial score (nSPS) is 11.2. The molecule has 31 heavy (non-hydrogen) atoms. The quantitative estimate of drug-likeness (QED) is 0.262. The highest BCUT2D eigenvalue weighted by Gasteiger charge is 2.15. The van der Waals surface area contributed by atoms with Gasteiger partial charge in [0.2, 0.25) is 0 Å². The number of aromatic nitrogens is 1. The molecule has 0 spiro atoms. The Hall–Kier alpha value is -2.19. The largest absolute Gasteiger partial charge is 0.504 e. The number of thiazole rings is 1. The first-order valence-electron chi connectivity index (χ1n) is 8.70. The van der Waals surface area contributed by atoms with Crippen LogP contribution in [0, 0.1) is 6.92 Å². The first kappa shape index (κ1) is 25.1. The third-order valence-corrected chi connectivity index (χ3v) is 6.25. The number of carboxylic acid groups (broad SMARTS) is 1. The van der Waals surface area contributed by atoms with Gasteiger partial charge in [0.05, 0.1) is 39.0 Å². The summed E-state index contributed by atoms with van der Waals surface area (Å²) < 4.78 is 19.6. The number of hydrogen-bond donors (Lipinski definition) is 1. The van der Waals surface area contributed by atoms with Crippen LogP contribution in [0.15, 0.2) is 58.6 Å². The van der Waals surface area contributed by atoms with Crippen LogP contribution in [0.5, 0.6) is 0 Å². The van der Waals surface area contributed by atoms with E-state index < -0.39 is 5.97 Å². The smallest absolute Gasteiger partial charge is 0.331 e. The fourth-order valence-electron chi connectivity index (χ4n) is 2.30. The Morgan fingerprint density at radius 1 is 1.23 bits per heavy atom. The van der Waals surface area contributed by atoms with Crippen LogP contribution in [-0.2, 0) is 9.53 Å². The summed E-state index contributed by atoms with van der Waals surface area (Å²) in [5, 5.41) is 9.10. The van der Waals surface area contributed by atoms with E-state index in [1.165, 1.54) is 24.5 Å². The summed E-state index contributed by atoms with van der Waals surface area (Å²) in [6, 6.07) is 12.8. The minimum atomic E-state index is -0.998. The average Bonchev–Trinajstić information content (AvgIpc) is 3.12. The summed E-state index contributed by atoms with van der Waals surface area (Å²) in [6.45, 7) is 1.94. The molecule has 0 bridgehead atoms. The van der Waals surface area contributed by atoms with Crippen molar-refractivity contribution >= 4 is 68.3 Å². The molecule has 162 valence electrons. The topological polar surface area (TPSA) is 59.4 Å². The van der Waals surface area contributed by atoms with Crippen LogP contribution in [-0.4, -0.2) is 23.2 Å². The van der Waals surface area contributed by atoms with Gasteiger partial charge in [-0.2, -0.15) is 0 Å². The number of nitrogens with zero attached hydrogens (tertiary/aromatic N) is 1. The van der Waals surface area contributed by atoms with E-state index in [9.17, 15) is 9.18 Å². The summed E-state index contributed by atoms with van der Waals surface area (Å²) in [5.74, 6) is -1.37. The van der Waals surface area contributed by atoms with Crippen LogP contribution in [0.4, 0.5) is 4.39 Å². The Morgan fingerprint density at radius 2 is 1.94 bits per heavy atom. The van der Waals surface area contributed by atoms with Gasteiger partial charge in [-0.05, 0) is 52.2 Å². The highest BCUT2D eigenvalue weighted by Crippen LogP contribution is 2.38. The summed E-state index contributed by atoms with van der Waals surface area (Å²) in [4.78, 5) is 14.0. The molecule has 0 aliphatic heterocycles.